The van der Waals surface area contributed by atoms with E-state index in [0.717, 1.165) is 26.6 Å². The molecule has 0 fully saturated rings. The normalized spacial score (nSPS) is 11.1. The standard InChI is InChI=1S/C15H11BrFN/c1-18-14-5-3-2-4-10(14)8-15(18)12-9-11(17)6-7-13(12)16/h2-9H,1H3. The maximum Gasteiger partial charge on any atom is 0.123 e. The quantitative estimate of drug-likeness (QED) is 0.611. The SMILES string of the molecule is Cn1c(-c2cc(F)ccc2Br)cc2ccccc21. The first-order chi connectivity index (χ1) is 8.66. The van der Waals surface area contributed by atoms with Gasteiger partial charge in [-0.1, -0.05) is 34.1 Å². The van der Waals surface area contributed by atoms with Crippen molar-refractivity contribution in [2.24, 2.45) is 7.05 Å². The van der Waals surface area contributed by atoms with Crippen LogP contribution in [0.25, 0.3) is 22.2 Å². The fourth-order valence-electron chi connectivity index (χ4n) is 2.24. The summed E-state index contributed by atoms with van der Waals surface area (Å²) in [5, 5.41) is 1.16. The Hall–Kier alpha value is -1.61. The van der Waals surface area contributed by atoms with Crippen LogP contribution in [0.3, 0.4) is 0 Å². The average Bonchev–Trinajstić information content (AvgIpc) is 2.71. The van der Waals surface area contributed by atoms with Gasteiger partial charge in [0.1, 0.15) is 5.82 Å². The fraction of sp³-hybridized carbons (Fsp3) is 0.0667. The third kappa shape index (κ3) is 1.75. The highest BCUT2D eigenvalue weighted by Gasteiger charge is 2.11. The minimum absolute atomic E-state index is 0.224. The molecule has 0 bridgehead atoms. The minimum atomic E-state index is -0.224. The first-order valence-electron chi connectivity index (χ1n) is 5.67. The number of benzene rings is 2. The Bertz CT molecular complexity index is 730. The van der Waals surface area contributed by atoms with Gasteiger partial charge in [0.2, 0.25) is 0 Å². The molecule has 0 unspecified atom stereocenters. The van der Waals surface area contributed by atoms with E-state index in [-0.39, 0.29) is 5.82 Å². The fourth-order valence-corrected chi connectivity index (χ4v) is 2.69. The third-order valence-electron chi connectivity index (χ3n) is 3.16. The van der Waals surface area contributed by atoms with Crippen molar-refractivity contribution >= 4 is 26.8 Å². The molecule has 0 amide bonds. The van der Waals surface area contributed by atoms with Crippen molar-refractivity contribution in [2.75, 3.05) is 0 Å². The molecule has 2 aromatic carbocycles. The van der Waals surface area contributed by atoms with Gasteiger partial charge in [-0.2, -0.15) is 0 Å². The Labute approximate surface area is 113 Å². The van der Waals surface area contributed by atoms with Crippen LogP contribution in [0.15, 0.2) is 53.0 Å². The lowest BCUT2D eigenvalue weighted by Gasteiger charge is -2.07. The summed E-state index contributed by atoms with van der Waals surface area (Å²) in [6.45, 7) is 0. The molecular formula is C15H11BrFN. The van der Waals surface area contributed by atoms with Crippen LogP contribution >= 0.6 is 15.9 Å². The molecule has 3 heteroatoms. The molecule has 0 spiro atoms. The molecule has 0 N–H and O–H groups in total. The molecule has 0 aliphatic heterocycles. The van der Waals surface area contributed by atoms with E-state index in [2.05, 4.69) is 38.7 Å². The van der Waals surface area contributed by atoms with E-state index < -0.39 is 0 Å². The van der Waals surface area contributed by atoms with Crippen molar-refractivity contribution < 1.29 is 4.39 Å². The van der Waals surface area contributed by atoms with E-state index in [1.807, 2.05) is 19.2 Å². The van der Waals surface area contributed by atoms with Crippen molar-refractivity contribution in [1.29, 1.82) is 0 Å². The van der Waals surface area contributed by atoms with Crippen molar-refractivity contribution in [3.63, 3.8) is 0 Å². The first kappa shape index (κ1) is 11.5. The van der Waals surface area contributed by atoms with Gasteiger partial charge >= 0.3 is 0 Å². The highest BCUT2D eigenvalue weighted by molar-refractivity contribution is 9.10. The van der Waals surface area contributed by atoms with Crippen molar-refractivity contribution in [3.05, 3.63) is 58.8 Å². The molecule has 0 radical (unpaired) electrons. The van der Waals surface area contributed by atoms with Crippen LogP contribution in [0.4, 0.5) is 4.39 Å². The maximum atomic E-state index is 13.4. The number of hydrogen-bond donors (Lipinski definition) is 0. The molecule has 0 aliphatic carbocycles. The van der Waals surface area contributed by atoms with Crippen LogP contribution in [0.2, 0.25) is 0 Å². The van der Waals surface area contributed by atoms with Crippen LogP contribution in [0, 0.1) is 5.82 Å². The van der Waals surface area contributed by atoms with E-state index in [0.29, 0.717) is 0 Å². The highest BCUT2D eigenvalue weighted by Crippen LogP contribution is 2.32. The van der Waals surface area contributed by atoms with E-state index in [4.69, 9.17) is 0 Å². The summed E-state index contributed by atoms with van der Waals surface area (Å²) in [6, 6.07) is 15.0. The van der Waals surface area contributed by atoms with E-state index >= 15 is 0 Å². The molecule has 1 aromatic heterocycles. The number of nitrogens with zero attached hydrogens (tertiary/aromatic N) is 1. The molecule has 3 aromatic rings. The lowest BCUT2D eigenvalue weighted by Crippen LogP contribution is -1.92. The average molecular weight is 304 g/mol. The predicted octanol–water partition coefficient (Wildman–Crippen LogP) is 4.75. The molecular weight excluding hydrogens is 293 g/mol. The van der Waals surface area contributed by atoms with Gasteiger partial charge in [-0.15, -0.1) is 0 Å². The second kappa shape index (κ2) is 4.25. The van der Waals surface area contributed by atoms with Gasteiger partial charge in [0, 0.05) is 28.0 Å². The zero-order valence-corrected chi connectivity index (χ0v) is 11.4. The van der Waals surface area contributed by atoms with Gasteiger partial charge in [0.15, 0.2) is 0 Å². The van der Waals surface area contributed by atoms with Crippen molar-refractivity contribution in [2.45, 2.75) is 0 Å². The Morgan fingerprint density at radius 1 is 1.06 bits per heavy atom. The number of halogens is 2. The summed E-state index contributed by atoms with van der Waals surface area (Å²) in [5.41, 5.74) is 3.01. The molecule has 1 heterocycles. The predicted molar refractivity (Wildman–Crippen MR) is 76.0 cm³/mol. The van der Waals surface area contributed by atoms with Crippen LogP contribution in [-0.4, -0.2) is 4.57 Å². The van der Waals surface area contributed by atoms with Crippen LogP contribution in [0.1, 0.15) is 0 Å². The number of hydrogen-bond acceptors (Lipinski definition) is 0. The minimum Gasteiger partial charge on any atom is -0.344 e. The summed E-state index contributed by atoms with van der Waals surface area (Å²) in [5.74, 6) is -0.224. The van der Waals surface area contributed by atoms with Crippen LogP contribution < -0.4 is 0 Å². The molecule has 0 aliphatic rings. The van der Waals surface area contributed by atoms with E-state index in [1.54, 1.807) is 12.1 Å². The van der Waals surface area contributed by atoms with Gasteiger partial charge < -0.3 is 4.57 Å². The summed E-state index contributed by atoms with van der Waals surface area (Å²) in [6.07, 6.45) is 0. The summed E-state index contributed by atoms with van der Waals surface area (Å²) in [7, 11) is 2.00. The first-order valence-corrected chi connectivity index (χ1v) is 6.46. The van der Waals surface area contributed by atoms with Crippen molar-refractivity contribution in [3.8, 4) is 11.3 Å². The number of fused-ring (bicyclic) bond motifs is 1. The second-order valence-corrected chi connectivity index (χ2v) is 5.13. The summed E-state index contributed by atoms with van der Waals surface area (Å²) >= 11 is 3.48. The van der Waals surface area contributed by atoms with Crippen molar-refractivity contribution in [1.82, 2.24) is 4.57 Å². The highest BCUT2D eigenvalue weighted by atomic mass is 79.9. The Morgan fingerprint density at radius 3 is 2.61 bits per heavy atom. The topological polar surface area (TPSA) is 4.93 Å². The summed E-state index contributed by atoms with van der Waals surface area (Å²) < 4.78 is 16.4. The number of aromatic nitrogens is 1. The van der Waals surface area contributed by atoms with E-state index in [9.17, 15) is 4.39 Å². The molecule has 0 saturated carbocycles. The Kier molecular flexibility index (Phi) is 2.71. The van der Waals surface area contributed by atoms with Crippen LogP contribution in [-0.2, 0) is 7.05 Å². The largest absolute Gasteiger partial charge is 0.344 e. The maximum absolute atomic E-state index is 13.4. The number of aryl methyl sites for hydroxylation is 1. The molecule has 90 valence electrons. The van der Waals surface area contributed by atoms with E-state index in [1.165, 1.54) is 6.07 Å². The Balaban J connectivity index is 2.31. The van der Waals surface area contributed by atoms with Gasteiger partial charge in [-0.05, 0) is 30.3 Å². The number of rotatable bonds is 1. The summed E-state index contributed by atoms with van der Waals surface area (Å²) in [4.78, 5) is 0. The monoisotopic (exact) mass is 303 g/mol. The third-order valence-corrected chi connectivity index (χ3v) is 3.85. The van der Waals surface area contributed by atoms with Gasteiger partial charge in [-0.3, -0.25) is 0 Å². The second-order valence-electron chi connectivity index (χ2n) is 4.27. The molecule has 3 rings (SSSR count). The number of para-hydroxylation sites is 1. The van der Waals surface area contributed by atoms with Gasteiger partial charge in [-0.25, -0.2) is 4.39 Å². The molecule has 18 heavy (non-hydrogen) atoms. The zero-order chi connectivity index (χ0) is 12.7. The Morgan fingerprint density at radius 2 is 1.83 bits per heavy atom. The van der Waals surface area contributed by atoms with Gasteiger partial charge in [0.25, 0.3) is 0 Å². The van der Waals surface area contributed by atoms with Gasteiger partial charge in [0.05, 0.1) is 5.69 Å². The smallest absolute Gasteiger partial charge is 0.123 e. The molecule has 0 atom stereocenters. The lowest BCUT2D eigenvalue weighted by atomic mass is 10.1. The zero-order valence-electron chi connectivity index (χ0n) is 9.82. The van der Waals surface area contributed by atoms with Crippen LogP contribution in [0.5, 0.6) is 0 Å². The molecule has 0 saturated heterocycles. The lowest BCUT2D eigenvalue weighted by molar-refractivity contribution is 0.628. The molecule has 1 nitrogen and oxygen atoms in total.